The fourth-order valence-corrected chi connectivity index (χ4v) is 1.67. The number of nitrogens with zero attached hydrogens (tertiary/aromatic N) is 2. The van der Waals surface area contributed by atoms with Crippen molar-refractivity contribution >= 4 is 17.4 Å². The van der Waals surface area contributed by atoms with E-state index in [1.807, 2.05) is 6.07 Å². The van der Waals surface area contributed by atoms with Crippen LogP contribution in [-0.2, 0) is 6.54 Å². The number of hydrogen-bond acceptors (Lipinski definition) is 4. The van der Waals surface area contributed by atoms with Crippen molar-refractivity contribution in [3.8, 4) is 5.75 Å². The highest BCUT2D eigenvalue weighted by atomic mass is 35.5. The van der Waals surface area contributed by atoms with Crippen LogP contribution < -0.4 is 10.1 Å². The summed E-state index contributed by atoms with van der Waals surface area (Å²) in [6.07, 6.45) is 0.493. The average molecular weight is 300 g/mol. The number of rotatable bonds is 6. The summed E-state index contributed by atoms with van der Waals surface area (Å²) in [4.78, 5) is 7.93. The summed E-state index contributed by atoms with van der Waals surface area (Å²) in [6, 6.07) is 6.90. The molecule has 7 heteroatoms. The summed E-state index contributed by atoms with van der Waals surface area (Å²) >= 11 is 5.72. The molecule has 0 bridgehead atoms. The molecule has 0 atom stereocenters. The van der Waals surface area contributed by atoms with Crippen LogP contribution in [0.2, 0.25) is 5.15 Å². The minimum Gasteiger partial charge on any atom is -0.488 e. The lowest BCUT2D eigenvalue weighted by Crippen LogP contribution is -2.07. The monoisotopic (exact) mass is 299 g/mol. The van der Waals surface area contributed by atoms with Crippen molar-refractivity contribution in [2.45, 2.75) is 13.0 Å². The Morgan fingerprint density at radius 2 is 2.15 bits per heavy atom. The van der Waals surface area contributed by atoms with Crippen molar-refractivity contribution in [2.24, 2.45) is 0 Å². The van der Waals surface area contributed by atoms with Crippen molar-refractivity contribution in [2.75, 3.05) is 11.9 Å². The second-order valence-corrected chi connectivity index (χ2v) is 4.32. The molecule has 106 valence electrons. The molecule has 0 aliphatic rings. The van der Waals surface area contributed by atoms with Crippen molar-refractivity contribution in [1.29, 1.82) is 0 Å². The first kappa shape index (κ1) is 14.5. The van der Waals surface area contributed by atoms with Gasteiger partial charge in [-0.1, -0.05) is 23.7 Å². The maximum Gasteiger partial charge on any atom is 0.272 e. The van der Waals surface area contributed by atoms with Gasteiger partial charge in [0.05, 0.1) is 12.4 Å². The Balaban J connectivity index is 1.94. The maximum absolute atomic E-state index is 12.1. The van der Waals surface area contributed by atoms with E-state index in [-0.39, 0.29) is 0 Å². The Kier molecular flexibility index (Phi) is 5.06. The van der Waals surface area contributed by atoms with Gasteiger partial charge in [0.15, 0.2) is 0 Å². The van der Waals surface area contributed by atoms with Crippen LogP contribution in [0.1, 0.15) is 5.56 Å². The number of anilines is 1. The normalized spacial score (nSPS) is 10.6. The summed E-state index contributed by atoms with van der Waals surface area (Å²) in [7, 11) is 0. The van der Waals surface area contributed by atoms with Crippen LogP contribution in [0.25, 0.3) is 0 Å². The molecule has 0 fully saturated rings. The summed E-state index contributed by atoms with van der Waals surface area (Å²) in [5.74, 6) is 0.943. The molecule has 4 nitrogen and oxygen atoms in total. The number of aromatic nitrogens is 2. The second-order valence-electron chi connectivity index (χ2n) is 3.93. The number of ether oxygens (including phenoxy) is 1. The molecule has 0 unspecified atom stereocenters. The molecule has 0 radical (unpaired) electrons. The topological polar surface area (TPSA) is 47.0 Å². The predicted molar refractivity (Wildman–Crippen MR) is 72.3 cm³/mol. The standard InChI is InChI=1S/C13H12ClF2N3O/c14-11-6-17-7-13(19-11)18-5-9-2-1-3-10(4-9)20-8-12(15)16/h1-4,6-7,12H,5,8H2,(H,18,19). The van der Waals surface area contributed by atoms with E-state index in [1.54, 1.807) is 24.4 Å². The van der Waals surface area contributed by atoms with Crippen molar-refractivity contribution in [1.82, 2.24) is 9.97 Å². The Morgan fingerprint density at radius 3 is 2.90 bits per heavy atom. The molecule has 2 rings (SSSR count). The van der Waals surface area contributed by atoms with E-state index < -0.39 is 13.0 Å². The Morgan fingerprint density at radius 1 is 1.30 bits per heavy atom. The number of nitrogens with one attached hydrogen (secondary N) is 1. The molecular formula is C13H12ClF2N3O. The molecule has 0 aliphatic heterocycles. The Labute approximate surface area is 119 Å². The molecular weight excluding hydrogens is 288 g/mol. The minimum atomic E-state index is -2.49. The van der Waals surface area contributed by atoms with E-state index >= 15 is 0 Å². The third-order valence-corrected chi connectivity index (χ3v) is 2.54. The van der Waals surface area contributed by atoms with Crippen molar-refractivity contribution in [3.63, 3.8) is 0 Å². The SMILES string of the molecule is FC(F)COc1cccc(CNc2cncc(Cl)n2)c1. The number of benzene rings is 1. The van der Waals surface area contributed by atoms with Crippen LogP contribution in [0.15, 0.2) is 36.7 Å². The van der Waals surface area contributed by atoms with Gasteiger partial charge >= 0.3 is 0 Å². The minimum absolute atomic E-state index is 0.295. The molecule has 0 aliphatic carbocycles. The molecule has 0 saturated heterocycles. The van der Waals surface area contributed by atoms with E-state index in [0.29, 0.717) is 23.3 Å². The molecule has 0 saturated carbocycles. The molecule has 1 heterocycles. The lowest BCUT2D eigenvalue weighted by Gasteiger charge is -2.09. The number of halogens is 3. The zero-order valence-electron chi connectivity index (χ0n) is 10.4. The van der Waals surface area contributed by atoms with E-state index in [9.17, 15) is 8.78 Å². The first-order chi connectivity index (χ1) is 9.63. The number of alkyl halides is 2. The van der Waals surface area contributed by atoms with Gasteiger partial charge in [-0.05, 0) is 17.7 Å². The molecule has 1 aromatic carbocycles. The van der Waals surface area contributed by atoms with Crippen LogP contribution in [0.3, 0.4) is 0 Å². The Hall–Kier alpha value is -1.95. The highest BCUT2D eigenvalue weighted by molar-refractivity contribution is 6.29. The van der Waals surface area contributed by atoms with Gasteiger partial charge in [-0.25, -0.2) is 13.8 Å². The first-order valence-corrected chi connectivity index (χ1v) is 6.22. The van der Waals surface area contributed by atoms with Gasteiger partial charge in [0.2, 0.25) is 0 Å². The van der Waals surface area contributed by atoms with E-state index in [0.717, 1.165) is 5.56 Å². The van der Waals surface area contributed by atoms with Gasteiger partial charge < -0.3 is 10.1 Å². The zero-order valence-corrected chi connectivity index (χ0v) is 11.1. The van der Waals surface area contributed by atoms with Crippen LogP contribution in [-0.4, -0.2) is 23.0 Å². The van der Waals surface area contributed by atoms with E-state index in [4.69, 9.17) is 16.3 Å². The molecule has 0 spiro atoms. The lowest BCUT2D eigenvalue weighted by molar-refractivity contribution is 0.0818. The highest BCUT2D eigenvalue weighted by Gasteiger charge is 2.04. The Bertz CT molecular complexity index is 569. The molecule has 2 aromatic rings. The van der Waals surface area contributed by atoms with Crippen LogP contribution in [0, 0.1) is 0 Å². The van der Waals surface area contributed by atoms with Crippen LogP contribution in [0.5, 0.6) is 5.75 Å². The zero-order chi connectivity index (χ0) is 14.4. The van der Waals surface area contributed by atoms with Gasteiger partial charge in [0, 0.05) is 6.54 Å². The fourth-order valence-electron chi connectivity index (χ4n) is 1.52. The summed E-state index contributed by atoms with van der Waals surface area (Å²) in [5, 5.41) is 3.33. The van der Waals surface area contributed by atoms with Gasteiger partial charge in [-0.2, -0.15) is 0 Å². The predicted octanol–water partition coefficient (Wildman–Crippen LogP) is 3.39. The smallest absolute Gasteiger partial charge is 0.272 e. The van der Waals surface area contributed by atoms with Gasteiger partial charge in [0.25, 0.3) is 6.43 Å². The highest BCUT2D eigenvalue weighted by Crippen LogP contribution is 2.15. The van der Waals surface area contributed by atoms with E-state index in [1.165, 1.54) is 6.20 Å². The van der Waals surface area contributed by atoms with Crippen LogP contribution in [0.4, 0.5) is 14.6 Å². The maximum atomic E-state index is 12.1. The summed E-state index contributed by atoms with van der Waals surface area (Å²) < 4.78 is 29.1. The van der Waals surface area contributed by atoms with Crippen molar-refractivity contribution < 1.29 is 13.5 Å². The van der Waals surface area contributed by atoms with E-state index in [2.05, 4.69) is 15.3 Å². The van der Waals surface area contributed by atoms with Crippen molar-refractivity contribution in [3.05, 3.63) is 47.4 Å². The first-order valence-electron chi connectivity index (χ1n) is 5.85. The average Bonchev–Trinajstić information content (AvgIpc) is 2.43. The van der Waals surface area contributed by atoms with Gasteiger partial charge in [-0.15, -0.1) is 0 Å². The molecule has 1 N–H and O–H groups in total. The fraction of sp³-hybridized carbons (Fsp3) is 0.231. The summed E-state index contributed by atoms with van der Waals surface area (Å²) in [6.45, 7) is -0.155. The summed E-state index contributed by atoms with van der Waals surface area (Å²) in [5.41, 5.74) is 0.874. The quantitative estimate of drug-likeness (QED) is 0.888. The van der Waals surface area contributed by atoms with Gasteiger partial charge in [-0.3, -0.25) is 4.98 Å². The lowest BCUT2D eigenvalue weighted by atomic mass is 10.2. The van der Waals surface area contributed by atoms with Crippen LogP contribution >= 0.6 is 11.6 Å². The molecule has 20 heavy (non-hydrogen) atoms. The van der Waals surface area contributed by atoms with Gasteiger partial charge in [0.1, 0.15) is 23.3 Å². The third-order valence-electron chi connectivity index (χ3n) is 2.35. The largest absolute Gasteiger partial charge is 0.488 e. The second kappa shape index (κ2) is 7.00. The number of hydrogen-bond donors (Lipinski definition) is 1. The third kappa shape index (κ3) is 4.62. The molecule has 0 amide bonds. The molecule has 1 aromatic heterocycles.